The van der Waals surface area contributed by atoms with Gasteiger partial charge in [-0.3, -0.25) is 9.69 Å². The van der Waals surface area contributed by atoms with Gasteiger partial charge in [0.25, 0.3) is 0 Å². The van der Waals surface area contributed by atoms with Crippen molar-refractivity contribution >= 4 is 11.6 Å². The molecule has 1 saturated heterocycles. The molecule has 3 rings (SSSR count). The summed E-state index contributed by atoms with van der Waals surface area (Å²) in [6.07, 6.45) is 0.325. The van der Waals surface area contributed by atoms with Crippen molar-refractivity contribution in [2.45, 2.75) is 19.4 Å². The first kappa shape index (κ1) is 18.3. The minimum absolute atomic E-state index is 0.0390. The van der Waals surface area contributed by atoms with Crippen LogP contribution in [0.2, 0.25) is 0 Å². The van der Waals surface area contributed by atoms with E-state index in [1.807, 2.05) is 55.5 Å². The fraction of sp³-hybridized carbons (Fsp3) is 0.333. The highest BCUT2D eigenvalue weighted by Gasteiger charge is 2.25. The van der Waals surface area contributed by atoms with Crippen molar-refractivity contribution in [1.82, 2.24) is 10.3 Å². The lowest BCUT2D eigenvalue weighted by Gasteiger charge is -2.34. The predicted molar refractivity (Wildman–Crippen MR) is 103 cm³/mol. The Morgan fingerprint density at radius 3 is 2.35 bits per heavy atom. The summed E-state index contributed by atoms with van der Waals surface area (Å²) in [5.74, 6) is -0.107. The van der Waals surface area contributed by atoms with Crippen molar-refractivity contribution in [3.05, 3.63) is 71.8 Å². The number of hydrogen-bond acceptors (Lipinski definition) is 4. The number of hydrogen-bond donors (Lipinski definition) is 1. The zero-order chi connectivity index (χ0) is 18.2. The van der Waals surface area contributed by atoms with Crippen LogP contribution in [0.1, 0.15) is 24.1 Å². The summed E-state index contributed by atoms with van der Waals surface area (Å²) in [6.45, 7) is 5.11. The third-order valence-corrected chi connectivity index (χ3v) is 4.49. The molecule has 0 spiro atoms. The summed E-state index contributed by atoms with van der Waals surface area (Å²) in [6, 6.07) is 20.0. The number of nitrogens with one attached hydrogen (secondary N) is 1. The van der Waals surface area contributed by atoms with Gasteiger partial charge in [0.05, 0.1) is 31.4 Å². The Balaban J connectivity index is 1.70. The molecule has 2 aromatic carbocycles. The highest BCUT2D eigenvalue weighted by molar-refractivity contribution is 5.90. The largest absolute Gasteiger partial charge is 0.379 e. The Bertz CT molecular complexity index is 725. The molecular formula is C21H25N3O2. The summed E-state index contributed by atoms with van der Waals surface area (Å²) >= 11 is 0. The minimum atomic E-state index is -0.107. The zero-order valence-corrected chi connectivity index (χ0v) is 15.1. The van der Waals surface area contributed by atoms with Gasteiger partial charge < -0.3 is 4.74 Å². The van der Waals surface area contributed by atoms with E-state index in [0.717, 1.165) is 37.6 Å². The van der Waals surface area contributed by atoms with Crippen LogP contribution in [0.3, 0.4) is 0 Å². The Labute approximate surface area is 154 Å². The quantitative estimate of drug-likeness (QED) is 0.643. The zero-order valence-electron chi connectivity index (χ0n) is 15.1. The average molecular weight is 351 g/mol. The topological polar surface area (TPSA) is 53.9 Å². The Morgan fingerprint density at radius 1 is 1.08 bits per heavy atom. The molecule has 2 aromatic rings. The van der Waals surface area contributed by atoms with Gasteiger partial charge in [0, 0.05) is 13.1 Å². The first-order chi connectivity index (χ1) is 12.7. The molecule has 1 unspecified atom stereocenters. The van der Waals surface area contributed by atoms with E-state index in [0.29, 0.717) is 6.42 Å². The molecule has 1 N–H and O–H groups in total. The van der Waals surface area contributed by atoms with E-state index in [2.05, 4.69) is 27.6 Å². The number of ether oxygens (including phenoxy) is 1. The molecule has 1 atom stereocenters. The fourth-order valence-corrected chi connectivity index (χ4v) is 3.22. The van der Waals surface area contributed by atoms with Crippen LogP contribution in [0.4, 0.5) is 0 Å². The molecule has 1 aliphatic rings. The molecule has 1 heterocycles. The van der Waals surface area contributed by atoms with Gasteiger partial charge in [0.2, 0.25) is 5.91 Å². The summed E-state index contributed by atoms with van der Waals surface area (Å²) < 4.78 is 5.48. The minimum Gasteiger partial charge on any atom is -0.379 e. The van der Waals surface area contributed by atoms with E-state index in [9.17, 15) is 4.79 Å². The van der Waals surface area contributed by atoms with Gasteiger partial charge in [-0.2, -0.15) is 5.10 Å². The van der Waals surface area contributed by atoms with Gasteiger partial charge in [-0.25, -0.2) is 5.43 Å². The number of nitrogens with zero attached hydrogens (tertiary/aromatic N) is 2. The SMILES string of the molecule is C/C(=N\NC(=O)Cc1ccccc1)C(c1ccccc1)N1CCOCC1. The lowest BCUT2D eigenvalue weighted by atomic mass is 10.0. The molecule has 1 amide bonds. The molecule has 0 aliphatic carbocycles. The smallest absolute Gasteiger partial charge is 0.244 e. The summed E-state index contributed by atoms with van der Waals surface area (Å²) in [5.41, 5.74) is 5.74. The van der Waals surface area contributed by atoms with E-state index in [1.54, 1.807) is 0 Å². The molecule has 136 valence electrons. The van der Waals surface area contributed by atoms with Crippen molar-refractivity contribution in [1.29, 1.82) is 0 Å². The highest BCUT2D eigenvalue weighted by Crippen LogP contribution is 2.23. The number of morpholine rings is 1. The number of hydrazone groups is 1. The second kappa shape index (κ2) is 9.27. The van der Waals surface area contributed by atoms with Crippen LogP contribution in [0.5, 0.6) is 0 Å². The number of carbonyl (C=O) groups is 1. The maximum Gasteiger partial charge on any atom is 0.244 e. The molecule has 0 aromatic heterocycles. The van der Waals surface area contributed by atoms with Crippen molar-refractivity contribution in [2.75, 3.05) is 26.3 Å². The molecule has 5 nitrogen and oxygen atoms in total. The average Bonchev–Trinajstić information content (AvgIpc) is 2.69. The molecule has 0 saturated carbocycles. The van der Waals surface area contributed by atoms with Crippen LogP contribution in [0, 0.1) is 0 Å². The van der Waals surface area contributed by atoms with Crippen LogP contribution in [0.15, 0.2) is 65.8 Å². The maximum atomic E-state index is 12.2. The number of benzene rings is 2. The van der Waals surface area contributed by atoms with Crippen LogP contribution in [0.25, 0.3) is 0 Å². The van der Waals surface area contributed by atoms with E-state index in [-0.39, 0.29) is 11.9 Å². The lowest BCUT2D eigenvalue weighted by Crippen LogP contribution is -2.42. The molecule has 26 heavy (non-hydrogen) atoms. The molecule has 0 bridgehead atoms. The second-order valence-electron chi connectivity index (χ2n) is 6.41. The van der Waals surface area contributed by atoms with Crippen molar-refractivity contribution in [3.63, 3.8) is 0 Å². The summed E-state index contributed by atoms with van der Waals surface area (Å²) in [5, 5.41) is 4.41. The normalized spacial score (nSPS) is 16.9. The maximum absolute atomic E-state index is 12.2. The first-order valence-corrected chi connectivity index (χ1v) is 8.98. The van der Waals surface area contributed by atoms with Crippen LogP contribution in [-0.4, -0.2) is 42.8 Å². The van der Waals surface area contributed by atoms with Crippen LogP contribution in [-0.2, 0) is 16.0 Å². The van der Waals surface area contributed by atoms with Gasteiger partial charge in [-0.05, 0) is 18.1 Å². The monoisotopic (exact) mass is 351 g/mol. The van der Waals surface area contributed by atoms with Gasteiger partial charge >= 0.3 is 0 Å². The molecule has 0 radical (unpaired) electrons. The molecular weight excluding hydrogens is 326 g/mol. The van der Waals surface area contributed by atoms with Crippen molar-refractivity contribution in [2.24, 2.45) is 5.10 Å². The van der Waals surface area contributed by atoms with Gasteiger partial charge in [-0.15, -0.1) is 0 Å². The van der Waals surface area contributed by atoms with Gasteiger partial charge in [0.1, 0.15) is 0 Å². The predicted octanol–water partition coefficient (Wildman–Crippen LogP) is 2.79. The third-order valence-electron chi connectivity index (χ3n) is 4.49. The van der Waals surface area contributed by atoms with Crippen LogP contribution < -0.4 is 5.43 Å². The molecule has 1 fully saturated rings. The highest BCUT2D eigenvalue weighted by atomic mass is 16.5. The van der Waals surface area contributed by atoms with E-state index < -0.39 is 0 Å². The number of carbonyl (C=O) groups excluding carboxylic acids is 1. The number of amides is 1. The standard InChI is InChI=1S/C21H25N3O2/c1-17(22-23-20(25)16-18-8-4-2-5-9-18)21(19-10-6-3-7-11-19)24-12-14-26-15-13-24/h2-11,21H,12-16H2,1H3,(H,23,25)/b22-17+. The Morgan fingerprint density at radius 2 is 1.69 bits per heavy atom. The van der Waals surface area contributed by atoms with Gasteiger partial charge in [-0.1, -0.05) is 60.7 Å². The summed E-state index contributed by atoms with van der Waals surface area (Å²) in [7, 11) is 0. The number of rotatable bonds is 6. The Kier molecular flexibility index (Phi) is 6.52. The van der Waals surface area contributed by atoms with E-state index >= 15 is 0 Å². The van der Waals surface area contributed by atoms with Crippen LogP contribution >= 0.6 is 0 Å². The second-order valence-corrected chi connectivity index (χ2v) is 6.41. The van der Waals surface area contributed by atoms with E-state index in [4.69, 9.17) is 4.74 Å². The first-order valence-electron chi connectivity index (χ1n) is 8.98. The van der Waals surface area contributed by atoms with Gasteiger partial charge in [0.15, 0.2) is 0 Å². The third kappa shape index (κ3) is 5.00. The van der Waals surface area contributed by atoms with Crippen molar-refractivity contribution < 1.29 is 9.53 Å². The lowest BCUT2D eigenvalue weighted by molar-refractivity contribution is -0.120. The van der Waals surface area contributed by atoms with E-state index in [1.165, 1.54) is 5.56 Å². The summed E-state index contributed by atoms with van der Waals surface area (Å²) in [4.78, 5) is 14.5. The fourth-order valence-electron chi connectivity index (χ4n) is 3.22. The Hall–Kier alpha value is -2.50. The molecule has 1 aliphatic heterocycles. The molecule has 5 heteroatoms. The van der Waals surface area contributed by atoms with Crippen molar-refractivity contribution in [3.8, 4) is 0 Å².